The van der Waals surface area contributed by atoms with E-state index in [9.17, 15) is 5.11 Å². The van der Waals surface area contributed by atoms with Crippen molar-refractivity contribution in [3.63, 3.8) is 0 Å². The molecule has 0 radical (unpaired) electrons. The lowest BCUT2D eigenvalue weighted by atomic mass is 10.1. The van der Waals surface area contributed by atoms with Gasteiger partial charge in [-0.25, -0.2) is 0 Å². The number of amidine groups is 1. The van der Waals surface area contributed by atoms with Crippen LogP contribution in [0.5, 0.6) is 5.75 Å². The average Bonchev–Trinajstić information content (AvgIpc) is 2.68. The van der Waals surface area contributed by atoms with Crippen LogP contribution in [0.3, 0.4) is 0 Å². The molecule has 1 aliphatic rings. The molecule has 0 amide bonds. The Hall–Kier alpha value is -2.00. The summed E-state index contributed by atoms with van der Waals surface area (Å²) in [6, 6.07) is 15.0. The Bertz CT molecular complexity index is 598. The number of halogens is 1. The number of hydrogen-bond acceptors (Lipinski definition) is 2. The molecule has 0 bridgehead atoms. The smallest absolute Gasteiger partial charge is 0.139 e. The molecule has 1 aliphatic heterocycles. The van der Waals surface area contributed by atoms with Gasteiger partial charge in [0.2, 0.25) is 0 Å². The van der Waals surface area contributed by atoms with Gasteiger partial charge in [0.1, 0.15) is 11.6 Å². The first kappa shape index (κ1) is 12.5. The maximum Gasteiger partial charge on any atom is 0.139 e. The Kier molecular flexibility index (Phi) is 3.26. The van der Waals surface area contributed by atoms with Gasteiger partial charge in [-0.1, -0.05) is 36.4 Å². The number of nitrogens with one attached hydrogen (secondary N) is 1. The second-order valence-electron chi connectivity index (χ2n) is 4.08. The average molecular weight is 261 g/mol. The first-order valence-electron chi connectivity index (χ1n) is 5.50. The third kappa shape index (κ3) is 1.83. The van der Waals surface area contributed by atoms with E-state index in [-0.39, 0.29) is 18.2 Å². The largest absolute Gasteiger partial charge is 0.506 e. The Morgan fingerprint density at radius 1 is 1.00 bits per heavy atom. The van der Waals surface area contributed by atoms with Crippen molar-refractivity contribution in [3.05, 3.63) is 59.7 Å². The van der Waals surface area contributed by atoms with Crippen LogP contribution < -0.4 is 4.90 Å². The molecule has 1 heterocycles. The number of hydrogen-bond donors (Lipinski definition) is 2. The molecule has 0 saturated heterocycles. The number of fused-ring (bicyclic) bond motifs is 1. The van der Waals surface area contributed by atoms with Gasteiger partial charge >= 0.3 is 0 Å². The maximum absolute atomic E-state index is 9.83. The maximum atomic E-state index is 9.83. The highest BCUT2D eigenvalue weighted by Crippen LogP contribution is 2.33. The summed E-state index contributed by atoms with van der Waals surface area (Å²) in [5.74, 6) is 0.659. The summed E-state index contributed by atoms with van der Waals surface area (Å²) >= 11 is 0. The molecule has 18 heavy (non-hydrogen) atoms. The zero-order valence-corrected chi connectivity index (χ0v) is 10.4. The number of rotatable bonds is 1. The summed E-state index contributed by atoms with van der Waals surface area (Å²) in [4.78, 5) is 1.82. The van der Waals surface area contributed by atoms with Crippen molar-refractivity contribution in [1.29, 1.82) is 5.41 Å². The van der Waals surface area contributed by atoms with E-state index in [2.05, 4.69) is 0 Å². The van der Waals surface area contributed by atoms with Gasteiger partial charge in [-0.05, 0) is 17.7 Å². The summed E-state index contributed by atoms with van der Waals surface area (Å²) in [6.07, 6.45) is 0. The molecular formula is C14H13ClN2O. The highest BCUT2D eigenvalue weighted by atomic mass is 35.5. The summed E-state index contributed by atoms with van der Waals surface area (Å²) in [5.41, 5.74) is 2.75. The number of aromatic hydroxyl groups is 1. The van der Waals surface area contributed by atoms with Crippen molar-refractivity contribution in [2.75, 3.05) is 4.90 Å². The predicted octanol–water partition coefficient (Wildman–Crippen LogP) is 3.16. The number of phenols is 1. The highest BCUT2D eigenvalue weighted by Gasteiger charge is 2.26. The van der Waals surface area contributed by atoms with Crippen LogP contribution >= 0.6 is 12.4 Å². The lowest BCUT2D eigenvalue weighted by molar-refractivity contribution is 0.476. The molecule has 0 unspecified atom stereocenters. The first-order chi connectivity index (χ1) is 8.27. The van der Waals surface area contributed by atoms with Gasteiger partial charge in [0.05, 0.1) is 12.2 Å². The minimum atomic E-state index is 0. The minimum absolute atomic E-state index is 0. The zero-order chi connectivity index (χ0) is 11.8. The lowest BCUT2D eigenvalue weighted by Gasteiger charge is -2.18. The van der Waals surface area contributed by atoms with E-state index < -0.39 is 0 Å². The third-order valence-electron chi connectivity index (χ3n) is 3.04. The molecule has 2 aromatic rings. The van der Waals surface area contributed by atoms with Crippen LogP contribution in [-0.4, -0.2) is 10.9 Å². The molecule has 0 aliphatic carbocycles. The number of para-hydroxylation sites is 2. The lowest BCUT2D eigenvalue weighted by Crippen LogP contribution is -2.22. The number of anilines is 1. The first-order valence-corrected chi connectivity index (χ1v) is 5.50. The van der Waals surface area contributed by atoms with E-state index in [1.165, 1.54) is 0 Å². The van der Waals surface area contributed by atoms with Crippen molar-refractivity contribution >= 4 is 23.9 Å². The van der Waals surface area contributed by atoms with E-state index in [1.807, 2.05) is 41.3 Å². The molecule has 3 nitrogen and oxygen atoms in total. The van der Waals surface area contributed by atoms with E-state index >= 15 is 0 Å². The van der Waals surface area contributed by atoms with E-state index in [0.29, 0.717) is 18.1 Å². The number of nitrogens with zero attached hydrogens (tertiary/aromatic N) is 1. The van der Waals surface area contributed by atoms with Gasteiger partial charge in [-0.3, -0.25) is 5.41 Å². The molecule has 0 fully saturated rings. The predicted molar refractivity (Wildman–Crippen MR) is 74.8 cm³/mol. The van der Waals surface area contributed by atoms with Crippen molar-refractivity contribution in [2.45, 2.75) is 6.54 Å². The third-order valence-corrected chi connectivity index (χ3v) is 3.04. The van der Waals surface area contributed by atoms with Crippen LogP contribution in [0.4, 0.5) is 5.69 Å². The highest BCUT2D eigenvalue weighted by molar-refractivity contribution is 6.12. The molecular weight excluding hydrogens is 248 g/mol. The van der Waals surface area contributed by atoms with Gasteiger partial charge in [0.15, 0.2) is 0 Å². The molecule has 92 valence electrons. The molecule has 0 aromatic heterocycles. The fraction of sp³-hybridized carbons (Fsp3) is 0.0714. The summed E-state index contributed by atoms with van der Waals surface area (Å²) in [7, 11) is 0. The summed E-state index contributed by atoms with van der Waals surface area (Å²) in [6.45, 7) is 0.645. The monoisotopic (exact) mass is 260 g/mol. The van der Waals surface area contributed by atoms with Crippen LogP contribution in [0.2, 0.25) is 0 Å². The molecule has 3 rings (SSSR count). The molecule has 0 saturated carbocycles. The van der Waals surface area contributed by atoms with Crippen LogP contribution in [0.1, 0.15) is 11.1 Å². The molecule has 4 heteroatoms. The normalized spacial score (nSPS) is 13.1. The Morgan fingerprint density at radius 2 is 1.67 bits per heavy atom. The fourth-order valence-corrected chi connectivity index (χ4v) is 2.18. The standard InChI is InChI=1S/C14H12N2O.ClH/c15-14-11-6-2-1-5-10(11)9-16(14)12-7-3-4-8-13(12)17;/h1-8,15,17H,9H2;1H. The molecule has 0 atom stereocenters. The molecule has 0 spiro atoms. The topological polar surface area (TPSA) is 47.3 Å². The van der Waals surface area contributed by atoms with Gasteiger partial charge in [0, 0.05) is 5.56 Å². The number of benzene rings is 2. The summed E-state index contributed by atoms with van der Waals surface area (Å²) in [5, 5.41) is 18.0. The van der Waals surface area contributed by atoms with Crippen LogP contribution in [0.15, 0.2) is 48.5 Å². The van der Waals surface area contributed by atoms with Crippen molar-refractivity contribution in [3.8, 4) is 5.75 Å². The van der Waals surface area contributed by atoms with Crippen molar-refractivity contribution < 1.29 is 5.11 Å². The molecule has 2 N–H and O–H groups in total. The van der Waals surface area contributed by atoms with Crippen molar-refractivity contribution in [1.82, 2.24) is 0 Å². The van der Waals surface area contributed by atoms with Crippen LogP contribution in [0, 0.1) is 5.41 Å². The van der Waals surface area contributed by atoms with Crippen LogP contribution in [-0.2, 0) is 6.54 Å². The minimum Gasteiger partial charge on any atom is -0.506 e. The summed E-state index contributed by atoms with van der Waals surface area (Å²) < 4.78 is 0. The quantitative estimate of drug-likeness (QED) is 0.827. The SMILES string of the molecule is Cl.N=C1c2ccccc2CN1c1ccccc1O. The van der Waals surface area contributed by atoms with Gasteiger partial charge < -0.3 is 10.0 Å². The van der Waals surface area contributed by atoms with E-state index in [1.54, 1.807) is 12.1 Å². The Labute approximate surface area is 112 Å². The van der Waals surface area contributed by atoms with E-state index in [0.717, 1.165) is 11.1 Å². The number of phenolic OH excluding ortho intramolecular Hbond substituents is 1. The second kappa shape index (κ2) is 4.70. The van der Waals surface area contributed by atoms with E-state index in [4.69, 9.17) is 5.41 Å². The zero-order valence-electron chi connectivity index (χ0n) is 9.63. The van der Waals surface area contributed by atoms with Crippen LogP contribution in [0.25, 0.3) is 0 Å². The van der Waals surface area contributed by atoms with Gasteiger partial charge in [-0.15, -0.1) is 12.4 Å². The second-order valence-corrected chi connectivity index (χ2v) is 4.08. The Balaban J connectivity index is 0.00000120. The van der Waals surface area contributed by atoms with Crippen molar-refractivity contribution in [2.24, 2.45) is 0 Å². The Morgan fingerprint density at radius 3 is 2.39 bits per heavy atom. The fourth-order valence-electron chi connectivity index (χ4n) is 2.18. The van der Waals surface area contributed by atoms with Gasteiger partial charge in [0.25, 0.3) is 0 Å². The molecule has 2 aromatic carbocycles. The van der Waals surface area contributed by atoms with Gasteiger partial charge in [-0.2, -0.15) is 0 Å².